The van der Waals surface area contributed by atoms with Gasteiger partial charge in [0.2, 0.25) is 0 Å². The van der Waals surface area contributed by atoms with Crippen LogP contribution in [0.5, 0.6) is 0 Å². The van der Waals surface area contributed by atoms with Gasteiger partial charge in [0, 0.05) is 7.11 Å². The third kappa shape index (κ3) is 3.31. The molecule has 0 aliphatic rings. The maximum absolute atomic E-state index is 11.3. The second kappa shape index (κ2) is 3.03. The van der Waals surface area contributed by atoms with E-state index in [9.17, 15) is 13.2 Å². The van der Waals surface area contributed by atoms with Crippen molar-refractivity contribution in [3.8, 4) is 0 Å². The maximum Gasteiger partial charge on any atom is 0.416 e. The molecule has 0 aromatic rings. The number of methoxy groups -OCH3 is 1. The van der Waals surface area contributed by atoms with Crippen LogP contribution >= 0.6 is 0 Å². The summed E-state index contributed by atoms with van der Waals surface area (Å²) in [7, 11) is 1.09. The van der Waals surface area contributed by atoms with E-state index in [1.165, 1.54) is 0 Å². The SMILES string of the molecule is COC[C@@H](O)C(F)(F)F. The Morgan fingerprint density at radius 1 is 1.56 bits per heavy atom. The molecule has 0 rings (SSSR count). The van der Waals surface area contributed by atoms with Crippen molar-refractivity contribution < 1.29 is 23.0 Å². The highest BCUT2D eigenvalue weighted by Crippen LogP contribution is 2.19. The molecule has 9 heavy (non-hydrogen) atoms. The molecule has 0 amide bonds. The van der Waals surface area contributed by atoms with Gasteiger partial charge in [-0.1, -0.05) is 0 Å². The first-order valence-corrected chi connectivity index (χ1v) is 2.22. The summed E-state index contributed by atoms with van der Waals surface area (Å²) in [6.45, 7) is -0.705. The predicted octanol–water partition coefficient (Wildman–Crippen LogP) is 0.556. The monoisotopic (exact) mass is 144 g/mol. The smallest absolute Gasteiger partial charge is 0.382 e. The van der Waals surface area contributed by atoms with Gasteiger partial charge in [0.25, 0.3) is 0 Å². The fraction of sp³-hybridized carbons (Fsp3) is 1.00. The van der Waals surface area contributed by atoms with E-state index in [0.29, 0.717) is 0 Å². The lowest BCUT2D eigenvalue weighted by atomic mass is 10.4. The molecule has 0 spiro atoms. The summed E-state index contributed by atoms with van der Waals surface area (Å²) in [6.07, 6.45) is -6.92. The van der Waals surface area contributed by atoms with Crippen LogP contribution in [0.4, 0.5) is 13.2 Å². The van der Waals surface area contributed by atoms with Crippen LogP contribution in [0.25, 0.3) is 0 Å². The molecule has 2 nitrogen and oxygen atoms in total. The van der Waals surface area contributed by atoms with Gasteiger partial charge in [0.1, 0.15) is 0 Å². The molecule has 1 atom stereocenters. The number of aliphatic hydroxyl groups is 1. The van der Waals surface area contributed by atoms with Crippen molar-refractivity contribution in [1.82, 2.24) is 0 Å². The topological polar surface area (TPSA) is 29.5 Å². The molecule has 56 valence electrons. The minimum Gasteiger partial charge on any atom is -0.382 e. The van der Waals surface area contributed by atoms with Crippen LogP contribution in [0.1, 0.15) is 0 Å². The number of hydrogen-bond acceptors (Lipinski definition) is 2. The predicted molar refractivity (Wildman–Crippen MR) is 23.9 cm³/mol. The molecule has 0 saturated carbocycles. The molecule has 0 fully saturated rings. The number of aliphatic hydroxyl groups excluding tert-OH is 1. The molecule has 0 aromatic heterocycles. The van der Waals surface area contributed by atoms with Crippen LogP contribution in [0.3, 0.4) is 0 Å². The zero-order valence-corrected chi connectivity index (χ0v) is 4.77. The Morgan fingerprint density at radius 2 is 2.00 bits per heavy atom. The standard InChI is InChI=1S/C4H7F3O2/c1-9-2-3(8)4(5,6)7/h3,8H,2H2,1H3/t3-/m1/s1. The van der Waals surface area contributed by atoms with E-state index in [4.69, 9.17) is 5.11 Å². The van der Waals surface area contributed by atoms with Gasteiger partial charge in [-0.05, 0) is 0 Å². The normalized spacial score (nSPS) is 15.7. The van der Waals surface area contributed by atoms with E-state index >= 15 is 0 Å². The molecule has 0 bridgehead atoms. The van der Waals surface area contributed by atoms with Gasteiger partial charge >= 0.3 is 6.18 Å². The van der Waals surface area contributed by atoms with Crippen molar-refractivity contribution in [2.24, 2.45) is 0 Å². The van der Waals surface area contributed by atoms with Crippen LogP contribution in [0, 0.1) is 0 Å². The summed E-state index contributed by atoms with van der Waals surface area (Å²) < 4.78 is 38.0. The Bertz CT molecular complexity index is 80.4. The highest BCUT2D eigenvalue weighted by Gasteiger charge is 2.37. The molecule has 1 N–H and O–H groups in total. The molecular formula is C4H7F3O2. The van der Waals surface area contributed by atoms with Crippen molar-refractivity contribution in [2.45, 2.75) is 12.3 Å². The minimum atomic E-state index is -4.56. The Hall–Kier alpha value is -0.290. The van der Waals surface area contributed by atoms with E-state index in [-0.39, 0.29) is 0 Å². The van der Waals surface area contributed by atoms with Crippen molar-refractivity contribution in [3.63, 3.8) is 0 Å². The lowest BCUT2D eigenvalue weighted by molar-refractivity contribution is -0.215. The van der Waals surface area contributed by atoms with Gasteiger partial charge in [-0.2, -0.15) is 13.2 Å². The first kappa shape index (κ1) is 8.71. The van der Waals surface area contributed by atoms with Gasteiger partial charge in [-0.3, -0.25) is 0 Å². The van der Waals surface area contributed by atoms with Crippen molar-refractivity contribution in [1.29, 1.82) is 0 Å². The van der Waals surface area contributed by atoms with Gasteiger partial charge < -0.3 is 9.84 Å². The third-order valence-corrected chi connectivity index (χ3v) is 0.702. The Kier molecular flexibility index (Phi) is 2.93. The number of rotatable bonds is 2. The first-order valence-electron chi connectivity index (χ1n) is 2.22. The Balaban J connectivity index is 3.59. The van der Waals surface area contributed by atoms with Crippen molar-refractivity contribution in [3.05, 3.63) is 0 Å². The fourth-order valence-electron chi connectivity index (χ4n) is 0.252. The number of alkyl halides is 3. The van der Waals surface area contributed by atoms with E-state index < -0.39 is 18.9 Å². The van der Waals surface area contributed by atoms with Crippen LogP contribution in [-0.4, -0.2) is 31.1 Å². The molecule has 0 radical (unpaired) electrons. The van der Waals surface area contributed by atoms with Crippen LogP contribution in [-0.2, 0) is 4.74 Å². The summed E-state index contributed by atoms with van der Waals surface area (Å²) in [5.41, 5.74) is 0. The zero-order chi connectivity index (χ0) is 7.49. The first-order chi connectivity index (χ1) is 3.98. The number of halogens is 3. The van der Waals surface area contributed by atoms with E-state index in [0.717, 1.165) is 7.11 Å². The lowest BCUT2D eigenvalue weighted by Gasteiger charge is -2.12. The molecular weight excluding hydrogens is 137 g/mol. The van der Waals surface area contributed by atoms with Gasteiger partial charge in [-0.15, -0.1) is 0 Å². The van der Waals surface area contributed by atoms with Gasteiger partial charge in [-0.25, -0.2) is 0 Å². The van der Waals surface area contributed by atoms with Crippen LogP contribution in [0.2, 0.25) is 0 Å². The van der Waals surface area contributed by atoms with E-state index in [1.807, 2.05) is 0 Å². The number of ether oxygens (including phenoxy) is 1. The van der Waals surface area contributed by atoms with Gasteiger partial charge in [0.05, 0.1) is 6.61 Å². The fourth-order valence-corrected chi connectivity index (χ4v) is 0.252. The van der Waals surface area contributed by atoms with Crippen molar-refractivity contribution >= 4 is 0 Å². The van der Waals surface area contributed by atoms with E-state index in [1.54, 1.807) is 0 Å². The summed E-state index contributed by atoms with van der Waals surface area (Å²) >= 11 is 0. The summed E-state index contributed by atoms with van der Waals surface area (Å²) in [6, 6.07) is 0. The summed E-state index contributed by atoms with van der Waals surface area (Å²) in [5, 5.41) is 8.14. The Morgan fingerprint density at radius 3 is 2.11 bits per heavy atom. The highest BCUT2D eigenvalue weighted by atomic mass is 19.4. The maximum atomic E-state index is 11.3. The van der Waals surface area contributed by atoms with Crippen LogP contribution in [0.15, 0.2) is 0 Å². The van der Waals surface area contributed by atoms with Gasteiger partial charge in [0.15, 0.2) is 6.10 Å². The zero-order valence-electron chi connectivity index (χ0n) is 4.77. The third-order valence-electron chi connectivity index (χ3n) is 0.702. The lowest BCUT2D eigenvalue weighted by Crippen LogP contribution is -2.32. The molecule has 0 heterocycles. The quantitative estimate of drug-likeness (QED) is 0.613. The molecule has 0 saturated heterocycles. The Labute approximate surface area is 50.2 Å². The molecule has 5 heteroatoms. The molecule has 0 aromatic carbocycles. The second-order valence-electron chi connectivity index (χ2n) is 1.51. The highest BCUT2D eigenvalue weighted by molar-refractivity contribution is 4.62. The number of hydrogen-bond donors (Lipinski definition) is 1. The molecule has 0 aliphatic heterocycles. The largest absolute Gasteiger partial charge is 0.416 e. The summed E-state index contributed by atoms with van der Waals surface area (Å²) in [4.78, 5) is 0. The average molecular weight is 144 g/mol. The van der Waals surface area contributed by atoms with Crippen molar-refractivity contribution in [2.75, 3.05) is 13.7 Å². The molecule has 0 aliphatic carbocycles. The average Bonchev–Trinajstić information content (AvgIpc) is 1.64. The van der Waals surface area contributed by atoms with Crippen LogP contribution < -0.4 is 0 Å². The second-order valence-corrected chi connectivity index (χ2v) is 1.51. The minimum absolute atomic E-state index is 0.705. The van der Waals surface area contributed by atoms with E-state index in [2.05, 4.69) is 4.74 Å². The summed E-state index contributed by atoms with van der Waals surface area (Å²) in [5.74, 6) is 0. The molecule has 0 unspecified atom stereocenters.